The van der Waals surface area contributed by atoms with Crippen LogP contribution in [0.4, 0.5) is 11.5 Å². The fourth-order valence-electron chi connectivity index (χ4n) is 2.08. The third-order valence-electron chi connectivity index (χ3n) is 3.17. The van der Waals surface area contributed by atoms with Crippen LogP contribution in [0.1, 0.15) is 25.8 Å². The summed E-state index contributed by atoms with van der Waals surface area (Å²) in [6.45, 7) is 8.73. The molecule has 0 saturated carbocycles. The van der Waals surface area contributed by atoms with E-state index in [1.54, 1.807) is 0 Å². The van der Waals surface area contributed by atoms with Crippen molar-refractivity contribution in [1.82, 2.24) is 4.98 Å². The number of nitrogens with two attached hydrogens (primary N) is 1. The first-order valence-electron chi connectivity index (χ1n) is 6.09. The molecule has 2 N–H and O–H groups in total. The molecule has 1 fully saturated rings. The Morgan fingerprint density at radius 1 is 1.41 bits per heavy atom. The zero-order valence-corrected chi connectivity index (χ0v) is 11.7. The molecule has 2 rings (SSSR count). The third kappa shape index (κ3) is 3.06. The number of rotatable bonds is 1. The van der Waals surface area contributed by atoms with E-state index in [-0.39, 0.29) is 0 Å². The highest BCUT2D eigenvalue weighted by molar-refractivity contribution is 8.00. The van der Waals surface area contributed by atoms with Crippen molar-refractivity contribution in [3.63, 3.8) is 0 Å². The Balaban J connectivity index is 2.17. The molecule has 1 aliphatic heterocycles. The van der Waals surface area contributed by atoms with Gasteiger partial charge in [0.15, 0.2) is 5.82 Å². The summed E-state index contributed by atoms with van der Waals surface area (Å²) in [6, 6.07) is 2.01. The lowest BCUT2D eigenvalue weighted by Crippen LogP contribution is -2.28. The van der Waals surface area contributed by atoms with Crippen LogP contribution in [0.15, 0.2) is 12.3 Å². The van der Waals surface area contributed by atoms with Gasteiger partial charge in [0.25, 0.3) is 0 Å². The molecular weight excluding hydrogens is 230 g/mol. The van der Waals surface area contributed by atoms with Crippen LogP contribution in [-0.2, 0) is 0 Å². The van der Waals surface area contributed by atoms with Crippen molar-refractivity contribution in [2.45, 2.75) is 31.9 Å². The standard InChI is InChI=1S/C13H21N3S/c1-10-8-11(14)12(15-9-10)16-5-4-13(2,3)17-7-6-16/h8-9H,4-7,14H2,1-3H3. The molecule has 0 bridgehead atoms. The number of pyridine rings is 1. The second-order valence-electron chi connectivity index (χ2n) is 5.27. The Kier molecular flexibility index (Phi) is 3.52. The molecule has 0 radical (unpaired) electrons. The molecule has 1 aromatic heterocycles. The Morgan fingerprint density at radius 3 is 2.88 bits per heavy atom. The van der Waals surface area contributed by atoms with Crippen molar-refractivity contribution in [2.75, 3.05) is 29.5 Å². The van der Waals surface area contributed by atoms with Gasteiger partial charge in [0.1, 0.15) is 0 Å². The number of hydrogen-bond acceptors (Lipinski definition) is 4. The van der Waals surface area contributed by atoms with Gasteiger partial charge in [0.05, 0.1) is 5.69 Å². The third-order valence-corrected chi connectivity index (χ3v) is 4.54. The van der Waals surface area contributed by atoms with E-state index in [1.165, 1.54) is 6.42 Å². The number of nitrogen functional groups attached to an aromatic ring is 1. The Morgan fingerprint density at radius 2 is 2.18 bits per heavy atom. The van der Waals surface area contributed by atoms with Crippen molar-refractivity contribution in [1.29, 1.82) is 0 Å². The van der Waals surface area contributed by atoms with Crippen LogP contribution in [0.25, 0.3) is 0 Å². The van der Waals surface area contributed by atoms with Crippen LogP contribution in [-0.4, -0.2) is 28.6 Å². The van der Waals surface area contributed by atoms with Crippen LogP contribution in [0, 0.1) is 6.92 Å². The van der Waals surface area contributed by atoms with E-state index in [0.29, 0.717) is 4.75 Å². The van der Waals surface area contributed by atoms with Gasteiger partial charge in [0, 0.05) is 29.8 Å². The monoisotopic (exact) mass is 251 g/mol. The maximum absolute atomic E-state index is 6.06. The summed E-state index contributed by atoms with van der Waals surface area (Å²) in [5, 5.41) is 0. The van der Waals surface area contributed by atoms with Crippen LogP contribution < -0.4 is 10.6 Å². The molecule has 2 heterocycles. The fourth-order valence-corrected chi connectivity index (χ4v) is 3.18. The topological polar surface area (TPSA) is 42.2 Å². The van der Waals surface area contributed by atoms with Crippen LogP contribution >= 0.6 is 11.8 Å². The minimum Gasteiger partial charge on any atom is -0.396 e. The fraction of sp³-hybridized carbons (Fsp3) is 0.615. The smallest absolute Gasteiger partial charge is 0.151 e. The molecule has 1 aliphatic rings. The van der Waals surface area contributed by atoms with Crippen molar-refractivity contribution < 1.29 is 0 Å². The predicted octanol–water partition coefficient (Wildman–Crippen LogP) is 2.69. The average molecular weight is 251 g/mol. The molecule has 0 amide bonds. The van der Waals surface area contributed by atoms with E-state index in [2.05, 4.69) is 23.7 Å². The van der Waals surface area contributed by atoms with Crippen molar-refractivity contribution in [3.8, 4) is 0 Å². The van der Waals surface area contributed by atoms with Gasteiger partial charge >= 0.3 is 0 Å². The van der Waals surface area contributed by atoms with Crippen molar-refractivity contribution in [2.24, 2.45) is 0 Å². The highest BCUT2D eigenvalue weighted by Gasteiger charge is 2.24. The van der Waals surface area contributed by atoms with Gasteiger partial charge in [-0.2, -0.15) is 11.8 Å². The molecule has 0 unspecified atom stereocenters. The summed E-state index contributed by atoms with van der Waals surface area (Å²) in [5.74, 6) is 2.09. The maximum Gasteiger partial charge on any atom is 0.151 e. The van der Waals surface area contributed by atoms with Crippen LogP contribution in [0.5, 0.6) is 0 Å². The molecule has 4 heteroatoms. The molecule has 0 spiro atoms. The SMILES string of the molecule is Cc1cnc(N2CCSC(C)(C)CC2)c(N)c1. The Hall–Kier alpha value is -0.900. The summed E-state index contributed by atoms with van der Waals surface area (Å²) < 4.78 is 0.369. The lowest BCUT2D eigenvalue weighted by molar-refractivity contribution is 0.635. The van der Waals surface area contributed by atoms with E-state index in [0.717, 1.165) is 35.9 Å². The zero-order valence-electron chi connectivity index (χ0n) is 10.9. The normalized spacial score (nSPS) is 20.1. The molecule has 0 atom stereocenters. The molecule has 0 aliphatic carbocycles. The summed E-state index contributed by atoms with van der Waals surface area (Å²) in [7, 11) is 0. The first-order chi connectivity index (χ1) is 7.98. The lowest BCUT2D eigenvalue weighted by Gasteiger charge is -2.24. The molecule has 17 heavy (non-hydrogen) atoms. The van der Waals surface area contributed by atoms with Gasteiger partial charge in [-0.05, 0) is 25.0 Å². The van der Waals surface area contributed by atoms with E-state index < -0.39 is 0 Å². The predicted molar refractivity (Wildman–Crippen MR) is 76.8 cm³/mol. The quantitative estimate of drug-likeness (QED) is 0.833. The molecule has 1 saturated heterocycles. The van der Waals surface area contributed by atoms with Crippen molar-refractivity contribution in [3.05, 3.63) is 17.8 Å². The average Bonchev–Trinajstić information content (AvgIpc) is 2.40. The molecule has 94 valence electrons. The van der Waals surface area contributed by atoms with Gasteiger partial charge in [-0.15, -0.1) is 0 Å². The first kappa shape index (κ1) is 12.6. The van der Waals surface area contributed by atoms with E-state index >= 15 is 0 Å². The van der Waals surface area contributed by atoms with Gasteiger partial charge in [0.2, 0.25) is 0 Å². The number of hydrogen-bond donors (Lipinski definition) is 1. The summed E-state index contributed by atoms with van der Waals surface area (Å²) in [5.41, 5.74) is 7.98. The second kappa shape index (κ2) is 4.77. The lowest BCUT2D eigenvalue weighted by atomic mass is 10.1. The summed E-state index contributed by atoms with van der Waals surface area (Å²) in [6.07, 6.45) is 3.07. The van der Waals surface area contributed by atoms with Crippen LogP contribution in [0.2, 0.25) is 0 Å². The Bertz CT molecular complexity index is 404. The Labute approximate surface area is 108 Å². The number of aromatic nitrogens is 1. The molecule has 3 nitrogen and oxygen atoms in total. The summed E-state index contributed by atoms with van der Waals surface area (Å²) in [4.78, 5) is 6.80. The maximum atomic E-state index is 6.06. The number of anilines is 2. The minimum absolute atomic E-state index is 0.369. The number of nitrogens with zero attached hydrogens (tertiary/aromatic N) is 2. The second-order valence-corrected chi connectivity index (χ2v) is 7.07. The number of aryl methyl sites for hydroxylation is 1. The molecule has 1 aromatic rings. The number of thioether (sulfide) groups is 1. The first-order valence-corrected chi connectivity index (χ1v) is 7.07. The zero-order chi connectivity index (χ0) is 12.5. The summed E-state index contributed by atoms with van der Waals surface area (Å²) >= 11 is 2.04. The van der Waals surface area contributed by atoms with E-state index in [4.69, 9.17) is 5.73 Å². The van der Waals surface area contributed by atoms with Gasteiger partial charge < -0.3 is 10.6 Å². The van der Waals surface area contributed by atoms with Gasteiger partial charge in [-0.3, -0.25) is 0 Å². The van der Waals surface area contributed by atoms with E-state index in [9.17, 15) is 0 Å². The van der Waals surface area contributed by atoms with Crippen LogP contribution in [0.3, 0.4) is 0 Å². The van der Waals surface area contributed by atoms with Crippen molar-refractivity contribution >= 4 is 23.3 Å². The molecule has 0 aromatic carbocycles. The minimum atomic E-state index is 0.369. The highest BCUT2D eigenvalue weighted by atomic mass is 32.2. The highest BCUT2D eigenvalue weighted by Crippen LogP contribution is 2.33. The van der Waals surface area contributed by atoms with Gasteiger partial charge in [-0.1, -0.05) is 13.8 Å². The van der Waals surface area contributed by atoms with E-state index in [1.807, 2.05) is 30.9 Å². The molecular formula is C13H21N3S. The largest absolute Gasteiger partial charge is 0.396 e. The van der Waals surface area contributed by atoms with Gasteiger partial charge in [-0.25, -0.2) is 4.98 Å².